The average molecular weight is 204 g/mol. The van der Waals surface area contributed by atoms with E-state index >= 15 is 0 Å². The van der Waals surface area contributed by atoms with Crippen molar-refractivity contribution >= 4 is 5.91 Å². The number of primary amides is 1. The van der Waals surface area contributed by atoms with Gasteiger partial charge in [-0.1, -0.05) is 12.1 Å². The van der Waals surface area contributed by atoms with E-state index in [4.69, 9.17) is 11.5 Å². The molecule has 1 aromatic rings. The third kappa shape index (κ3) is 1.63. The summed E-state index contributed by atoms with van der Waals surface area (Å²) in [6, 6.07) is 7.66. The van der Waals surface area contributed by atoms with Crippen LogP contribution in [0.5, 0.6) is 0 Å². The van der Waals surface area contributed by atoms with E-state index in [9.17, 15) is 4.79 Å². The molecule has 1 unspecified atom stereocenters. The van der Waals surface area contributed by atoms with Gasteiger partial charge in [-0.05, 0) is 37.5 Å². The maximum atomic E-state index is 10.9. The van der Waals surface area contributed by atoms with E-state index in [2.05, 4.69) is 0 Å². The van der Waals surface area contributed by atoms with Crippen LogP contribution in [0.4, 0.5) is 0 Å². The topological polar surface area (TPSA) is 69.1 Å². The minimum Gasteiger partial charge on any atom is -0.366 e. The molecule has 0 radical (unpaired) electrons. The summed E-state index contributed by atoms with van der Waals surface area (Å²) in [6.45, 7) is 2.04. The molecular formula is C12H16N2O. The van der Waals surface area contributed by atoms with Gasteiger partial charge in [-0.15, -0.1) is 0 Å². The Morgan fingerprint density at radius 2 is 1.87 bits per heavy atom. The number of carbonyl (C=O) groups is 1. The van der Waals surface area contributed by atoms with Crippen molar-refractivity contribution in [2.24, 2.45) is 11.5 Å². The third-order valence-electron chi connectivity index (χ3n) is 3.40. The second-order valence-corrected chi connectivity index (χ2v) is 4.39. The van der Waals surface area contributed by atoms with Crippen LogP contribution >= 0.6 is 0 Å². The summed E-state index contributed by atoms with van der Waals surface area (Å²) >= 11 is 0. The second kappa shape index (κ2) is 3.35. The van der Waals surface area contributed by atoms with Crippen LogP contribution in [0.25, 0.3) is 0 Å². The summed E-state index contributed by atoms with van der Waals surface area (Å²) in [6.07, 6.45) is 2.28. The number of nitrogens with two attached hydrogens (primary N) is 2. The third-order valence-corrected chi connectivity index (χ3v) is 3.40. The highest BCUT2D eigenvalue weighted by Crippen LogP contribution is 2.50. The summed E-state index contributed by atoms with van der Waals surface area (Å²) < 4.78 is 0. The van der Waals surface area contributed by atoms with E-state index in [-0.39, 0.29) is 17.4 Å². The fourth-order valence-electron chi connectivity index (χ4n) is 2.11. The molecule has 4 N–H and O–H groups in total. The van der Waals surface area contributed by atoms with E-state index < -0.39 is 0 Å². The van der Waals surface area contributed by atoms with E-state index in [1.54, 1.807) is 12.1 Å². The van der Waals surface area contributed by atoms with E-state index in [1.165, 1.54) is 5.56 Å². The van der Waals surface area contributed by atoms with Crippen LogP contribution in [-0.2, 0) is 5.41 Å². The first-order valence-electron chi connectivity index (χ1n) is 5.22. The molecule has 0 aliphatic heterocycles. The number of hydrogen-bond donors (Lipinski definition) is 2. The Balaban J connectivity index is 2.28. The fourth-order valence-corrected chi connectivity index (χ4v) is 2.11. The lowest BCUT2D eigenvalue weighted by Crippen LogP contribution is -2.31. The molecule has 0 bridgehead atoms. The zero-order chi connectivity index (χ0) is 11.1. The summed E-state index contributed by atoms with van der Waals surface area (Å²) in [4.78, 5) is 10.9. The Morgan fingerprint density at radius 1 is 1.33 bits per heavy atom. The maximum absolute atomic E-state index is 10.9. The van der Waals surface area contributed by atoms with Gasteiger partial charge in [0, 0.05) is 17.0 Å². The minimum atomic E-state index is -0.382. The van der Waals surface area contributed by atoms with Gasteiger partial charge >= 0.3 is 0 Å². The van der Waals surface area contributed by atoms with Gasteiger partial charge in [0.1, 0.15) is 0 Å². The number of amides is 1. The standard InChI is InChI=1S/C12H16N2O/c1-8(13)12(6-7-12)10-4-2-9(3-5-10)11(14)15/h2-5,8H,6-7,13H2,1H3,(H2,14,15). The first-order valence-corrected chi connectivity index (χ1v) is 5.22. The molecule has 0 spiro atoms. The first-order chi connectivity index (χ1) is 7.06. The van der Waals surface area contributed by atoms with E-state index in [0.29, 0.717) is 5.56 Å². The Bertz CT molecular complexity index is 377. The molecule has 3 heteroatoms. The fraction of sp³-hybridized carbons (Fsp3) is 0.417. The monoisotopic (exact) mass is 204 g/mol. The first kappa shape index (κ1) is 10.2. The van der Waals surface area contributed by atoms with Crippen molar-refractivity contribution in [3.05, 3.63) is 35.4 Å². The van der Waals surface area contributed by atoms with Crippen molar-refractivity contribution in [3.8, 4) is 0 Å². The number of benzene rings is 1. The lowest BCUT2D eigenvalue weighted by Gasteiger charge is -2.20. The molecule has 0 aromatic heterocycles. The van der Waals surface area contributed by atoms with Crippen LogP contribution in [0.1, 0.15) is 35.7 Å². The van der Waals surface area contributed by atoms with Crippen LogP contribution in [0.3, 0.4) is 0 Å². The molecule has 1 aromatic carbocycles. The highest BCUT2D eigenvalue weighted by Gasteiger charge is 2.47. The molecule has 1 aliphatic rings. The van der Waals surface area contributed by atoms with Crippen LogP contribution < -0.4 is 11.5 Å². The minimum absolute atomic E-state index is 0.149. The SMILES string of the molecule is CC(N)C1(c2ccc(C(N)=O)cc2)CC1. The van der Waals surface area contributed by atoms with Crippen molar-refractivity contribution in [1.29, 1.82) is 0 Å². The lowest BCUT2D eigenvalue weighted by atomic mass is 9.89. The highest BCUT2D eigenvalue weighted by atomic mass is 16.1. The van der Waals surface area contributed by atoms with Crippen molar-refractivity contribution in [2.75, 3.05) is 0 Å². The highest BCUT2D eigenvalue weighted by molar-refractivity contribution is 5.92. The van der Waals surface area contributed by atoms with E-state index in [0.717, 1.165) is 12.8 Å². The van der Waals surface area contributed by atoms with Crippen molar-refractivity contribution < 1.29 is 4.79 Å². The largest absolute Gasteiger partial charge is 0.366 e. The van der Waals surface area contributed by atoms with Crippen LogP contribution in [0.2, 0.25) is 0 Å². The van der Waals surface area contributed by atoms with E-state index in [1.807, 2.05) is 19.1 Å². The number of carbonyl (C=O) groups excluding carboxylic acids is 1. The quantitative estimate of drug-likeness (QED) is 0.775. The Kier molecular flexibility index (Phi) is 2.27. The van der Waals surface area contributed by atoms with Gasteiger partial charge in [-0.25, -0.2) is 0 Å². The van der Waals surface area contributed by atoms with Gasteiger partial charge in [0.25, 0.3) is 0 Å². The zero-order valence-corrected chi connectivity index (χ0v) is 8.86. The molecule has 0 heterocycles. The normalized spacial score (nSPS) is 19.6. The summed E-state index contributed by atoms with van der Waals surface area (Å²) in [5, 5.41) is 0. The van der Waals surface area contributed by atoms with Gasteiger partial charge in [-0.2, -0.15) is 0 Å². The molecule has 1 saturated carbocycles. The number of hydrogen-bond acceptors (Lipinski definition) is 2. The second-order valence-electron chi connectivity index (χ2n) is 4.39. The predicted molar refractivity (Wildman–Crippen MR) is 59.5 cm³/mol. The molecule has 1 aliphatic carbocycles. The molecule has 1 atom stereocenters. The molecule has 80 valence electrons. The maximum Gasteiger partial charge on any atom is 0.248 e. The average Bonchev–Trinajstić information content (AvgIpc) is 2.98. The molecule has 3 nitrogen and oxygen atoms in total. The van der Waals surface area contributed by atoms with Gasteiger partial charge in [0.2, 0.25) is 5.91 Å². The molecule has 1 amide bonds. The van der Waals surface area contributed by atoms with Gasteiger partial charge in [0.05, 0.1) is 0 Å². The summed E-state index contributed by atoms with van der Waals surface area (Å²) in [7, 11) is 0. The summed E-state index contributed by atoms with van der Waals surface area (Å²) in [5.41, 5.74) is 13.1. The zero-order valence-electron chi connectivity index (χ0n) is 8.86. The molecule has 1 fully saturated rings. The molecule has 2 rings (SSSR count). The number of rotatable bonds is 3. The van der Waals surface area contributed by atoms with Crippen molar-refractivity contribution in [2.45, 2.75) is 31.2 Å². The van der Waals surface area contributed by atoms with Gasteiger partial charge in [-0.3, -0.25) is 4.79 Å². The molecular weight excluding hydrogens is 188 g/mol. The van der Waals surface area contributed by atoms with Crippen molar-refractivity contribution in [1.82, 2.24) is 0 Å². The smallest absolute Gasteiger partial charge is 0.248 e. The molecule has 0 saturated heterocycles. The Labute approximate surface area is 89.5 Å². The van der Waals surface area contributed by atoms with Crippen LogP contribution in [0.15, 0.2) is 24.3 Å². The van der Waals surface area contributed by atoms with Crippen molar-refractivity contribution in [3.63, 3.8) is 0 Å². The lowest BCUT2D eigenvalue weighted by molar-refractivity contribution is 0.100. The Hall–Kier alpha value is -1.35. The van der Waals surface area contributed by atoms with Gasteiger partial charge in [0.15, 0.2) is 0 Å². The summed E-state index contributed by atoms with van der Waals surface area (Å²) in [5.74, 6) is -0.382. The van der Waals surface area contributed by atoms with Crippen LogP contribution in [0, 0.1) is 0 Å². The Morgan fingerprint density at radius 3 is 2.20 bits per heavy atom. The van der Waals surface area contributed by atoms with Crippen LogP contribution in [-0.4, -0.2) is 11.9 Å². The predicted octanol–water partition coefficient (Wildman–Crippen LogP) is 1.16. The van der Waals surface area contributed by atoms with Gasteiger partial charge < -0.3 is 11.5 Å². The molecule has 15 heavy (non-hydrogen) atoms.